The average molecular weight is 224 g/mol. The van der Waals surface area contributed by atoms with Gasteiger partial charge in [0.2, 0.25) is 0 Å². The lowest BCUT2D eigenvalue weighted by atomic mass is 10.1. The van der Waals surface area contributed by atoms with Crippen LogP contribution in [0.3, 0.4) is 0 Å². The second kappa shape index (κ2) is 5.13. The van der Waals surface area contributed by atoms with E-state index in [1.807, 2.05) is 0 Å². The zero-order chi connectivity index (χ0) is 12.1. The van der Waals surface area contributed by atoms with Crippen molar-refractivity contribution in [3.05, 3.63) is 29.8 Å². The number of nitrogens with one attached hydrogen (secondary N) is 1. The molecular weight excluding hydrogens is 212 g/mol. The molecule has 6 nitrogen and oxygen atoms in total. The van der Waals surface area contributed by atoms with Gasteiger partial charge in [-0.3, -0.25) is 4.79 Å². The molecule has 6 heteroatoms. The van der Waals surface area contributed by atoms with Crippen LogP contribution in [0, 0.1) is 0 Å². The topological polar surface area (TPSA) is 113 Å². The number of benzene rings is 1. The maximum atomic E-state index is 10.5. The zero-order valence-electron chi connectivity index (χ0n) is 8.38. The van der Waals surface area contributed by atoms with E-state index in [-0.39, 0.29) is 6.42 Å². The molecule has 1 aromatic rings. The van der Waals surface area contributed by atoms with Crippen LogP contribution in [0.15, 0.2) is 24.3 Å². The first-order valence-corrected chi connectivity index (χ1v) is 4.54. The van der Waals surface area contributed by atoms with E-state index >= 15 is 0 Å². The number of carbonyl (C=O) groups is 2. The highest BCUT2D eigenvalue weighted by Gasteiger charge is 2.10. The Morgan fingerprint density at radius 1 is 1.25 bits per heavy atom. The van der Waals surface area contributed by atoms with Gasteiger partial charge in [-0.2, -0.15) is 0 Å². The predicted molar refractivity (Wildman–Crippen MR) is 57.0 cm³/mol. The van der Waals surface area contributed by atoms with Crippen LogP contribution in [0.2, 0.25) is 0 Å². The highest BCUT2D eigenvalue weighted by molar-refractivity contribution is 5.76. The fraction of sp³-hybridized carbons (Fsp3) is 0.200. The van der Waals surface area contributed by atoms with Crippen molar-refractivity contribution in [1.29, 1.82) is 0 Å². The van der Waals surface area contributed by atoms with Crippen molar-refractivity contribution in [2.24, 2.45) is 5.73 Å². The molecule has 0 saturated heterocycles. The second-order valence-electron chi connectivity index (χ2n) is 3.23. The van der Waals surface area contributed by atoms with Gasteiger partial charge in [0.1, 0.15) is 0 Å². The standard InChI is InChI=1S/C10H12N2O4/c11-9(10(15)16)12-7-3-1-6(2-4-7)5-8(13)14/h1-4,9,12H,5,11H2,(H,13,14)(H,15,16). The van der Waals surface area contributed by atoms with E-state index in [1.54, 1.807) is 24.3 Å². The van der Waals surface area contributed by atoms with Crippen molar-refractivity contribution in [2.75, 3.05) is 5.32 Å². The third kappa shape index (κ3) is 3.58. The van der Waals surface area contributed by atoms with Gasteiger partial charge >= 0.3 is 11.9 Å². The number of hydrogen-bond acceptors (Lipinski definition) is 4. The minimum atomic E-state index is -1.18. The summed E-state index contributed by atoms with van der Waals surface area (Å²) in [6, 6.07) is 6.37. The van der Waals surface area contributed by atoms with Gasteiger partial charge < -0.3 is 21.3 Å². The quantitative estimate of drug-likeness (QED) is 0.527. The lowest BCUT2D eigenvalue weighted by Gasteiger charge is -2.10. The van der Waals surface area contributed by atoms with Crippen molar-refractivity contribution >= 4 is 17.6 Å². The summed E-state index contributed by atoms with van der Waals surface area (Å²) < 4.78 is 0. The summed E-state index contributed by atoms with van der Waals surface area (Å²) in [6.07, 6.45) is -1.24. The van der Waals surface area contributed by atoms with Crippen LogP contribution in [0.5, 0.6) is 0 Å². The van der Waals surface area contributed by atoms with Crippen LogP contribution in [0.25, 0.3) is 0 Å². The molecule has 0 saturated carbocycles. The van der Waals surface area contributed by atoms with Crippen LogP contribution in [0.1, 0.15) is 5.56 Å². The zero-order valence-corrected chi connectivity index (χ0v) is 8.38. The molecule has 1 unspecified atom stereocenters. The molecule has 0 aliphatic heterocycles. The predicted octanol–water partition coefficient (Wildman–Crippen LogP) is 0.0950. The van der Waals surface area contributed by atoms with Crippen LogP contribution in [-0.2, 0) is 16.0 Å². The summed E-state index contributed by atoms with van der Waals surface area (Å²) in [5.41, 5.74) is 6.43. The molecule has 86 valence electrons. The van der Waals surface area contributed by atoms with Crippen molar-refractivity contribution in [2.45, 2.75) is 12.6 Å². The largest absolute Gasteiger partial charge is 0.481 e. The molecule has 0 radical (unpaired) electrons. The van der Waals surface area contributed by atoms with Gasteiger partial charge in [0, 0.05) is 5.69 Å². The summed E-state index contributed by atoms with van der Waals surface area (Å²) in [6.45, 7) is 0. The molecule has 1 rings (SSSR count). The third-order valence-electron chi connectivity index (χ3n) is 1.90. The third-order valence-corrected chi connectivity index (χ3v) is 1.90. The van der Waals surface area contributed by atoms with E-state index in [0.29, 0.717) is 11.3 Å². The maximum Gasteiger partial charge on any atom is 0.341 e. The number of anilines is 1. The van der Waals surface area contributed by atoms with E-state index in [0.717, 1.165) is 0 Å². The molecule has 0 bridgehead atoms. The SMILES string of the molecule is NC(Nc1ccc(CC(=O)O)cc1)C(=O)O. The van der Waals surface area contributed by atoms with E-state index < -0.39 is 18.1 Å². The summed E-state index contributed by atoms with van der Waals surface area (Å²) in [5.74, 6) is -2.07. The molecule has 1 aromatic carbocycles. The van der Waals surface area contributed by atoms with Crippen molar-refractivity contribution < 1.29 is 19.8 Å². The Hall–Kier alpha value is -2.08. The molecule has 0 aliphatic carbocycles. The monoisotopic (exact) mass is 224 g/mol. The van der Waals surface area contributed by atoms with E-state index in [1.165, 1.54) is 0 Å². The number of aliphatic carboxylic acids is 2. The van der Waals surface area contributed by atoms with Crippen molar-refractivity contribution in [3.63, 3.8) is 0 Å². The first-order chi connectivity index (χ1) is 7.49. The summed E-state index contributed by atoms with van der Waals surface area (Å²) in [7, 11) is 0. The van der Waals surface area contributed by atoms with E-state index in [4.69, 9.17) is 15.9 Å². The van der Waals surface area contributed by atoms with Crippen molar-refractivity contribution in [3.8, 4) is 0 Å². The minimum Gasteiger partial charge on any atom is -0.481 e. The Bertz CT molecular complexity index is 388. The van der Waals surface area contributed by atoms with Gasteiger partial charge in [-0.15, -0.1) is 0 Å². The van der Waals surface area contributed by atoms with Gasteiger partial charge in [-0.1, -0.05) is 12.1 Å². The molecule has 16 heavy (non-hydrogen) atoms. The first kappa shape index (κ1) is 12.0. The van der Waals surface area contributed by atoms with Gasteiger partial charge in [0.25, 0.3) is 0 Å². The summed E-state index contributed by atoms with van der Waals surface area (Å²) >= 11 is 0. The fourth-order valence-electron chi connectivity index (χ4n) is 1.13. The highest BCUT2D eigenvalue weighted by Crippen LogP contribution is 2.10. The Labute approximate surface area is 91.7 Å². The van der Waals surface area contributed by atoms with Crippen LogP contribution in [-0.4, -0.2) is 28.3 Å². The number of hydrogen-bond donors (Lipinski definition) is 4. The molecule has 0 amide bonds. The normalized spacial score (nSPS) is 11.8. The number of carboxylic acids is 2. The molecular formula is C10H12N2O4. The molecule has 1 atom stereocenters. The summed E-state index contributed by atoms with van der Waals surface area (Å²) in [4.78, 5) is 20.9. The smallest absolute Gasteiger partial charge is 0.341 e. The Kier molecular flexibility index (Phi) is 3.84. The molecule has 0 spiro atoms. The number of rotatable bonds is 5. The maximum absolute atomic E-state index is 10.5. The van der Waals surface area contributed by atoms with Crippen molar-refractivity contribution in [1.82, 2.24) is 0 Å². The van der Waals surface area contributed by atoms with Gasteiger partial charge in [0.05, 0.1) is 6.42 Å². The van der Waals surface area contributed by atoms with Gasteiger partial charge in [-0.25, -0.2) is 4.79 Å². The van der Waals surface area contributed by atoms with Crippen LogP contribution >= 0.6 is 0 Å². The highest BCUT2D eigenvalue weighted by atomic mass is 16.4. The van der Waals surface area contributed by atoms with Crippen LogP contribution in [0.4, 0.5) is 5.69 Å². The molecule has 5 N–H and O–H groups in total. The number of carboxylic acid groups (broad SMARTS) is 2. The molecule has 0 fully saturated rings. The molecule has 0 aliphatic rings. The Morgan fingerprint density at radius 2 is 1.81 bits per heavy atom. The first-order valence-electron chi connectivity index (χ1n) is 4.54. The number of nitrogens with two attached hydrogens (primary N) is 1. The van der Waals surface area contributed by atoms with Crippen LogP contribution < -0.4 is 11.1 Å². The van der Waals surface area contributed by atoms with Gasteiger partial charge in [0.15, 0.2) is 6.17 Å². The second-order valence-corrected chi connectivity index (χ2v) is 3.23. The fourth-order valence-corrected chi connectivity index (χ4v) is 1.13. The minimum absolute atomic E-state index is 0.0642. The average Bonchev–Trinajstić information content (AvgIpc) is 2.20. The molecule has 0 aromatic heterocycles. The van der Waals surface area contributed by atoms with Gasteiger partial charge in [-0.05, 0) is 17.7 Å². The lowest BCUT2D eigenvalue weighted by molar-refractivity contribution is -0.138. The van der Waals surface area contributed by atoms with E-state index in [2.05, 4.69) is 5.32 Å². The Morgan fingerprint density at radius 3 is 2.25 bits per heavy atom. The summed E-state index contributed by atoms with van der Waals surface area (Å²) in [5, 5.41) is 19.6. The lowest BCUT2D eigenvalue weighted by Crippen LogP contribution is -2.37. The van der Waals surface area contributed by atoms with E-state index in [9.17, 15) is 9.59 Å². The Balaban J connectivity index is 2.64. The molecule has 0 heterocycles.